The molecule has 9 heteroatoms. The van der Waals surface area contributed by atoms with Crippen LogP contribution in [0.1, 0.15) is 18.5 Å². The molecule has 1 unspecified atom stereocenters. The molecule has 0 spiro atoms. The van der Waals surface area contributed by atoms with E-state index >= 15 is 0 Å². The summed E-state index contributed by atoms with van der Waals surface area (Å²) >= 11 is 0. The van der Waals surface area contributed by atoms with E-state index in [1.807, 2.05) is 0 Å². The molecule has 0 fully saturated rings. The highest BCUT2D eigenvalue weighted by Gasteiger charge is 2.31. The summed E-state index contributed by atoms with van der Waals surface area (Å²) in [6, 6.07) is 4.14. The summed E-state index contributed by atoms with van der Waals surface area (Å²) < 4.78 is 63.0. The fourth-order valence-electron chi connectivity index (χ4n) is 1.27. The molecular formula is C9H11F3N2O3S. The zero-order valence-electron chi connectivity index (χ0n) is 9.23. The zero-order chi connectivity index (χ0) is 14.0. The van der Waals surface area contributed by atoms with Gasteiger partial charge in [-0.1, -0.05) is 12.1 Å². The fraction of sp³-hybridized carbons (Fsp3) is 0.333. The van der Waals surface area contributed by atoms with E-state index in [0.29, 0.717) is 5.56 Å². The Morgan fingerprint density at radius 2 is 1.78 bits per heavy atom. The van der Waals surface area contributed by atoms with Crippen LogP contribution < -0.4 is 14.6 Å². The summed E-state index contributed by atoms with van der Waals surface area (Å²) in [6.45, 7) is 1.50. The third-order valence-electron chi connectivity index (χ3n) is 1.95. The molecule has 0 saturated carbocycles. The van der Waals surface area contributed by atoms with E-state index in [4.69, 9.17) is 5.14 Å². The average molecular weight is 284 g/mol. The molecule has 0 aliphatic carbocycles. The van der Waals surface area contributed by atoms with Crippen molar-refractivity contribution in [1.29, 1.82) is 0 Å². The average Bonchev–Trinajstić information content (AvgIpc) is 2.13. The van der Waals surface area contributed by atoms with Gasteiger partial charge in [0.15, 0.2) is 0 Å². The molecule has 0 bridgehead atoms. The maximum Gasteiger partial charge on any atom is 0.573 e. The number of benzene rings is 1. The van der Waals surface area contributed by atoms with Gasteiger partial charge in [0.1, 0.15) is 5.75 Å². The van der Waals surface area contributed by atoms with Crippen LogP contribution in [0.2, 0.25) is 0 Å². The van der Waals surface area contributed by atoms with E-state index in [-0.39, 0.29) is 5.75 Å². The fourth-order valence-corrected chi connectivity index (χ4v) is 1.90. The lowest BCUT2D eigenvalue weighted by molar-refractivity contribution is -0.274. The first kappa shape index (κ1) is 14.7. The van der Waals surface area contributed by atoms with Crippen molar-refractivity contribution in [2.24, 2.45) is 5.14 Å². The van der Waals surface area contributed by atoms with Crippen LogP contribution in [0.5, 0.6) is 5.75 Å². The van der Waals surface area contributed by atoms with E-state index < -0.39 is 22.6 Å². The molecule has 1 rings (SSSR count). The van der Waals surface area contributed by atoms with Crippen molar-refractivity contribution in [3.8, 4) is 5.75 Å². The number of hydrogen-bond donors (Lipinski definition) is 2. The summed E-state index contributed by atoms with van der Waals surface area (Å²) in [5.41, 5.74) is 0.457. The van der Waals surface area contributed by atoms with Gasteiger partial charge in [-0.15, -0.1) is 13.2 Å². The molecule has 102 valence electrons. The Kier molecular flexibility index (Phi) is 4.20. The van der Waals surface area contributed by atoms with Crippen LogP contribution in [0.3, 0.4) is 0 Å². The van der Waals surface area contributed by atoms with Gasteiger partial charge in [0, 0.05) is 6.04 Å². The zero-order valence-corrected chi connectivity index (χ0v) is 10.0. The molecule has 18 heavy (non-hydrogen) atoms. The molecule has 0 saturated heterocycles. The molecule has 5 nitrogen and oxygen atoms in total. The van der Waals surface area contributed by atoms with Gasteiger partial charge in [-0.3, -0.25) is 0 Å². The van der Waals surface area contributed by atoms with Crippen molar-refractivity contribution in [3.63, 3.8) is 0 Å². The lowest BCUT2D eigenvalue weighted by Gasteiger charge is -2.13. The molecular weight excluding hydrogens is 273 g/mol. The molecule has 0 radical (unpaired) electrons. The van der Waals surface area contributed by atoms with Crippen LogP contribution in [-0.2, 0) is 10.2 Å². The standard InChI is InChI=1S/C9H11F3N2O3S/c1-6(14-18(13,15)16)7-2-4-8(5-3-7)17-9(10,11)12/h2-6,14H,1H3,(H2,13,15,16). The second-order valence-electron chi connectivity index (χ2n) is 3.50. The SMILES string of the molecule is CC(NS(N)(=O)=O)c1ccc(OC(F)(F)F)cc1. The minimum absolute atomic E-state index is 0.381. The quantitative estimate of drug-likeness (QED) is 0.877. The first-order valence-corrected chi connectivity index (χ1v) is 6.27. The number of nitrogens with two attached hydrogens (primary N) is 1. The Labute approximate surface area is 102 Å². The Balaban J connectivity index is 2.77. The Morgan fingerprint density at radius 1 is 1.28 bits per heavy atom. The van der Waals surface area contributed by atoms with Crippen molar-refractivity contribution in [2.45, 2.75) is 19.3 Å². The van der Waals surface area contributed by atoms with E-state index in [0.717, 1.165) is 12.1 Å². The van der Waals surface area contributed by atoms with Crippen LogP contribution in [0.15, 0.2) is 24.3 Å². The maximum atomic E-state index is 11.9. The number of alkyl halides is 3. The summed E-state index contributed by atoms with van der Waals surface area (Å²) in [4.78, 5) is 0. The van der Waals surface area contributed by atoms with Crippen molar-refractivity contribution in [2.75, 3.05) is 0 Å². The second-order valence-corrected chi connectivity index (χ2v) is 4.83. The predicted molar refractivity (Wildman–Crippen MR) is 57.8 cm³/mol. The Morgan fingerprint density at radius 3 is 2.17 bits per heavy atom. The number of nitrogens with one attached hydrogen (secondary N) is 1. The first-order valence-electron chi connectivity index (χ1n) is 4.72. The van der Waals surface area contributed by atoms with Crippen LogP contribution in [-0.4, -0.2) is 14.8 Å². The highest BCUT2D eigenvalue weighted by Crippen LogP contribution is 2.24. The van der Waals surface area contributed by atoms with Gasteiger partial charge < -0.3 is 4.74 Å². The molecule has 1 atom stereocenters. The van der Waals surface area contributed by atoms with Gasteiger partial charge >= 0.3 is 6.36 Å². The summed E-state index contributed by atoms with van der Waals surface area (Å²) in [5, 5.41) is 4.77. The summed E-state index contributed by atoms with van der Waals surface area (Å²) in [5.74, 6) is -0.381. The third kappa shape index (κ3) is 5.34. The predicted octanol–water partition coefficient (Wildman–Crippen LogP) is 1.44. The molecule has 0 aliphatic rings. The van der Waals surface area contributed by atoms with Crippen LogP contribution >= 0.6 is 0 Å². The number of halogens is 3. The molecule has 0 aliphatic heterocycles. The molecule has 0 amide bonds. The van der Waals surface area contributed by atoms with Crippen LogP contribution in [0.4, 0.5) is 13.2 Å². The van der Waals surface area contributed by atoms with Crippen molar-refractivity contribution >= 4 is 10.2 Å². The largest absolute Gasteiger partial charge is 0.573 e. The van der Waals surface area contributed by atoms with E-state index in [9.17, 15) is 21.6 Å². The van der Waals surface area contributed by atoms with Gasteiger partial charge in [-0.05, 0) is 24.6 Å². The molecule has 1 aromatic carbocycles. The summed E-state index contributed by atoms with van der Waals surface area (Å²) in [7, 11) is -3.87. The van der Waals surface area contributed by atoms with Crippen LogP contribution in [0.25, 0.3) is 0 Å². The summed E-state index contributed by atoms with van der Waals surface area (Å²) in [6.07, 6.45) is -4.76. The van der Waals surface area contributed by atoms with Gasteiger partial charge in [0.05, 0.1) is 0 Å². The monoisotopic (exact) mass is 284 g/mol. The Hall–Kier alpha value is -1.32. The molecule has 1 aromatic rings. The topological polar surface area (TPSA) is 81.4 Å². The third-order valence-corrected chi connectivity index (χ3v) is 2.64. The maximum absolute atomic E-state index is 11.9. The second kappa shape index (κ2) is 5.12. The van der Waals surface area contributed by atoms with Gasteiger partial charge in [0.2, 0.25) is 0 Å². The van der Waals surface area contributed by atoms with Crippen molar-refractivity contribution in [1.82, 2.24) is 4.72 Å². The van der Waals surface area contributed by atoms with Crippen LogP contribution in [0, 0.1) is 0 Å². The number of ether oxygens (including phenoxy) is 1. The highest BCUT2D eigenvalue weighted by atomic mass is 32.2. The van der Waals surface area contributed by atoms with E-state index in [2.05, 4.69) is 9.46 Å². The lowest BCUT2D eigenvalue weighted by Crippen LogP contribution is -2.32. The molecule has 0 aromatic heterocycles. The lowest BCUT2D eigenvalue weighted by atomic mass is 10.1. The van der Waals surface area contributed by atoms with Gasteiger partial charge in [0.25, 0.3) is 10.2 Å². The van der Waals surface area contributed by atoms with Gasteiger partial charge in [-0.25, -0.2) is 5.14 Å². The van der Waals surface area contributed by atoms with Crippen molar-refractivity contribution in [3.05, 3.63) is 29.8 Å². The number of rotatable bonds is 4. The molecule has 0 heterocycles. The van der Waals surface area contributed by atoms with Crippen molar-refractivity contribution < 1.29 is 26.3 Å². The first-order chi connectivity index (χ1) is 8.07. The van der Waals surface area contributed by atoms with Gasteiger partial charge in [-0.2, -0.15) is 13.1 Å². The normalized spacial score (nSPS) is 14.3. The minimum atomic E-state index is -4.76. The smallest absolute Gasteiger partial charge is 0.406 e. The number of hydrogen-bond acceptors (Lipinski definition) is 3. The van der Waals surface area contributed by atoms with E-state index in [1.165, 1.54) is 19.1 Å². The molecule has 3 N–H and O–H groups in total. The Bertz CT molecular complexity index is 499. The minimum Gasteiger partial charge on any atom is -0.406 e. The van der Waals surface area contributed by atoms with E-state index in [1.54, 1.807) is 0 Å². The highest BCUT2D eigenvalue weighted by molar-refractivity contribution is 7.87.